The first-order chi connectivity index (χ1) is 25.2. The molecular formula is C44H36N2O6. The smallest absolute Gasteiger partial charge is 0.227 e. The molecule has 0 spiro atoms. The van der Waals surface area contributed by atoms with Crippen LogP contribution < -0.4 is 9.80 Å². The van der Waals surface area contributed by atoms with Crippen LogP contribution in [-0.2, 0) is 41.9 Å². The van der Waals surface area contributed by atoms with Gasteiger partial charge in [-0.05, 0) is 54.4 Å². The molecule has 258 valence electrons. The van der Waals surface area contributed by atoms with Crippen molar-refractivity contribution >= 4 is 46.3 Å². The normalized spacial score (nSPS) is 14.1. The van der Waals surface area contributed by atoms with E-state index in [4.69, 9.17) is 0 Å². The number of benzene rings is 4. The fourth-order valence-corrected chi connectivity index (χ4v) is 6.42. The van der Waals surface area contributed by atoms with E-state index in [2.05, 4.69) is 23.7 Å². The fourth-order valence-electron chi connectivity index (χ4n) is 6.42. The molecule has 3 aliphatic rings. The van der Waals surface area contributed by atoms with Gasteiger partial charge in [0.25, 0.3) is 0 Å². The molecule has 0 radical (unpaired) electrons. The summed E-state index contributed by atoms with van der Waals surface area (Å²) in [5.41, 5.74) is 6.81. The van der Waals surface area contributed by atoms with Gasteiger partial charge >= 0.3 is 0 Å². The maximum atomic E-state index is 13.1. The zero-order valence-electron chi connectivity index (χ0n) is 28.8. The summed E-state index contributed by atoms with van der Waals surface area (Å²) in [5, 5.41) is 0. The Bertz CT molecular complexity index is 2210. The minimum absolute atomic E-state index is 0.0267. The molecule has 0 unspecified atom stereocenters. The maximum absolute atomic E-state index is 13.1. The number of hydrogen-bond acceptors (Lipinski definition) is 6. The molecular weight excluding hydrogens is 652 g/mol. The van der Waals surface area contributed by atoms with E-state index in [-0.39, 0.29) is 67.7 Å². The molecule has 0 aromatic heterocycles. The van der Waals surface area contributed by atoms with Crippen LogP contribution in [0.2, 0.25) is 0 Å². The largest absolute Gasteiger partial charge is 0.307 e. The lowest BCUT2D eigenvalue weighted by Gasteiger charge is -2.26. The third-order valence-electron chi connectivity index (χ3n) is 9.21. The zero-order valence-corrected chi connectivity index (χ0v) is 28.8. The quantitative estimate of drug-likeness (QED) is 0.171. The molecule has 1 aliphatic carbocycles. The molecule has 2 amide bonds. The summed E-state index contributed by atoms with van der Waals surface area (Å²) in [7, 11) is 0. The van der Waals surface area contributed by atoms with Gasteiger partial charge in [-0.1, -0.05) is 84.3 Å². The first kappa shape index (κ1) is 35.4. The Balaban J connectivity index is 0.000000183. The van der Waals surface area contributed by atoms with Crippen LogP contribution in [0.3, 0.4) is 0 Å². The second-order valence-electron chi connectivity index (χ2n) is 12.8. The number of para-hydroxylation sites is 2. The van der Waals surface area contributed by atoms with Crippen molar-refractivity contribution in [3.63, 3.8) is 0 Å². The average Bonchev–Trinajstić information content (AvgIpc) is 3.48. The van der Waals surface area contributed by atoms with Gasteiger partial charge in [0.2, 0.25) is 11.8 Å². The molecule has 2 heterocycles. The van der Waals surface area contributed by atoms with E-state index in [1.807, 2.05) is 97.1 Å². The van der Waals surface area contributed by atoms with Crippen molar-refractivity contribution in [1.82, 2.24) is 0 Å². The number of amides is 2. The van der Waals surface area contributed by atoms with Gasteiger partial charge in [0.1, 0.15) is 11.7 Å². The molecule has 2 aliphatic heterocycles. The fraction of sp³-hybridized carbons (Fsp3) is 0.227. The summed E-state index contributed by atoms with van der Waals surface area (Å²) >= 11 is 0. The summed E-state index contributed by atoms with van der Waals surface area (Å²) < 4.78 is 0. The molecule has 4 aromatic rings. The first-order valence-electron chi connectivity index (χ1n) is 17.3. The lowest BCUT2D eigenvalue weighted by molar-refractivity contribution is -0.137. The van der Waals surface area contributed by atoms with Crippen molar-refractivity contribution in [2.75, 3.05) is 9.80 Å². The average molecular weight is 689 g/mol. The van der Waals surface area contributed by atoms with Gasteiger partial charge in [0, 0.05) is 60.8 Å². The van der Waals surface area contributed by atoms with Gasteiger partial charge in [-0.15, -0.1) is 0 Å². The minimum atomic E-state index is -1.17. The summed E-state index contributed by atoms with van der Waals surface area (Å²) in [4.78, 5) is 76.3. The molecule has 0 saturated heterocycles. The number of carbonyl (C=O) groups excluding carboxylic acids is 6. The number of ketones is 4. The summed E-state index contributed by atoms with van der Waals surface area (Å²) in [6, 6.07) is 30.5. The van der Waals surface area contributed by atoms with Gasteiger partial charge in [-0.25, -0.2) is 0 Å². The molecule has 8 heteroatoms. The molecule has 52 heavy (non-hydrogen) atoms. The monoisotopic (exact) mass is 688 g/mol. The summed E-state index contributed by atoms with van der Waals surface area (Å²) in [6.45, 7) is 2.32. The lowest BCUT2D eigenvalue weighted by atomic mass is 9.96. The molecule has 0 atom stereocenters. The number of rotatable bonds is 7. The van der Waals surface area contributed by atoms with Crippen LogP contribution >= 0.6 is 0 Å². The number of Topliss-reactive ketones (excluding diaryl/α,β-unsaturated/α-hetero) is 4. The van der Waals surface area contributed by atoms with Crippen molar-refractivity contribution < 1.29 is 28.8 Å². The topological polar surface area (TPSA) is 109 Å². The van der Waals surface area contributed by atoms with Crippen LogP contribution in [0.4, 0.5) is 11.4 Å². The van der Waals surface area contributed by atoms with Crippen LogP contribution in [0.25, 0.3) is 0 Å². The highest BCUT2D eigenvalue weighted by Crippen LogP contribution is 2.28. The van der Waals surface area contributed by atoms with Crippen LogP contribution in [0.15, 0.2) is 97.1 Å². The highest BCUT2D eigenvalue weighted by Gasteiger charge is 2.38. The van der Waals surface area contributed by atoms with E-state index in [0.29, 0.717) is 18.8 Å². The van der Waals surface area contributed by atoms with Crippen molar-refractivity contribution in [3.8, 4) is 23.7 Å². The second kappa shape index (κ2) is 16.1. The Hall–Kier alpha value is -6.38. The molecule has 8 nitrogen and oxygen atoms in total. The van der Waals surface area contributed by atoms with E-state index in [1.165, 1.54) is 6.92 Å². The SMILES string of the molecule is CC(=O)CCC(=O)N1Cc2ccccc2C#Cc2ccccc21.O=C1CCC(=O)C1C(=O)CCC(=O)N1Cc2ccccc2C#Cc2ccccc21. The minimum Gasteiger partial charge on any atom is -0.307 e. The number of nitrogens with zero attached hydrogens (tertiary/aromatic N) is 2. The molecule has 4 aromatic carbocycles. The highest BCUT2D eigenvalue weighted by atomic mass is 16.2. The lowest BCUT2D eigenvalue weighted by Crippen LogP contribution is -2.33. The third-order valence-corrected chi connectivity index (χ3v) is 9.21. The van der Waals surface area contributed by atoms with E-state index < -0.39 is 11.7 Å². The van der Waals surface area contributed by atoms with E-state index >= 15 is 0 Å². The Labute approximate surface area is 302 Å². The van der Waals surface area contributed by atoms with Crippen molar-refractivity contribution in [3.05, 3.63) is 130 Å². The Morgan fingerprint density at radius 2 is 0.923 bits per heavy atom. The standard InChI is InChI=1S/C24H19NO4.C20H17NO2/c26-20-11-12-21(27)24(20)22(28)13-14-23(29)25-15-18-7-2-1-5-16(18)9-10-17-6-3-4-8-19(17)25;1-15(22)10-13-20(23)21-14-18-8-3-2-6-16(18)11-12-17-7-4-5-9-19(17)21/h1-8,24H,11-15H2;2-9H,10,13-14H2,1H3. The number of carbonyl (C=O) groups is 6. The Morgan fingerprint density at radius 1 is 0.538 bits per heavy atom. The van der Waals surface area contributed by atoms with Gasteiger partial charge in [-0.2, -0.15) is 0 Å². The number of hydrogen-bond donors (Lipinski definition) is 0. The molecule has 1 fully saturated rings. The molecule has 0 N–H and O–H groups in total. The van der Waals surface area contributed by atoms with Crippen molar-refractivity contribution in [2.45, 2.75) is 58.5 Å². The Morgan fingerprint density at radius 3 is 1.38 bits per heavy atom. The second-order valence-corrected chi connectivity index (χ2v) is 12.8. The van der Waals surface area contributed by atoms with Crippen molar-refractivity contribution in [1.29, 1.82) is 0 Å². The van der Waals surface area contributed by atoms with Crippen LogP contribution in [0.1, 0.15) is 78.8 Å². The van der Waals surface area contributed by atoms with Gasteiger partial charge in [0.15, 0.2) is 17.3 Å². The van der Waals surface area contributed by atoms with Crippen LogP contribution in [-0.4, -0.2) is 34.9 Å². The summed E-state index contributed by atoms with van der Waals surface area (Å²) in [6.07, 6.45) is 0.563. The summed E-state index contributed by atoms with van der Waals surface area (Å²) in [5.74, 6) is 10.1. The van der Waals surface area contributed by atoms with Gasteiger partial charge < -0.3 is 14.6 Å². The van der Waals surface area contributed by atoms with Gasteiger partial charge in [0.05, 0.1) is 24.5 Å². The zero-order chi connectivity index (χ0) is 36.6. The van der Waals surface area contributed by atoms with Crippen LogP contribution in [0.5, 0.6) is 0 Å². The van der Waals surface area contributed by atoms with Crippen LogP contribution in [0, 0.1) is 29.6 Å². The van der Waals surface area contributed by atoms with Crippen molar-refractivity contribution in [2.24, 2.45) is 5.92 Å². The predicted octanol–water partition coefficient (Wildman–Crippen LogP) is 6.13. The maximum Gasteiger partial charge on any atom is 0.227 e. The van der Waals surface area contributed by atoms with E-state index in [9.17, 15) is 28.8 Å². The number of anilines is 2. The highest BCUT2D eigenvalue weighted by molar-refractivity contribution is 6.23. The molecule has 1 saturated carbocycles. The third kappa shape index (κ3) is 8.15. The predicted molar refractivity (Wildman–Crippen MR) is 197 cm³/mol. The number of fused-ring (bicyclic) bond motifs is 4. The van der Waals surface area contributed by atoms with E-state index in [1.54, 1.807) is 9.80 Å². The Kier molecular flexibility index (Phi) is 11.0. The van der Waals surface area contributed by atoms with E-state index in [0.717, 1.165) is 39.1 Å². The first-order valence-corrected chi connectivity index (χ1v) is 17.3. The van der Waals surface area contributed by atoms with Gasteiger partial charge in [-0.3, -0.25) is 24.0 Å². The molecule has 7 rings (SSSR count). The molecule has 0 bridgehead atoms.